The number of aliphatic hydroxyl groups excluding tert-OH is 3. The maximum absolute atomic E-state index is 12.7. The molecule has 0 aromatic rings. The molecule has 10 nitrogen and oxygen atoms in total. The number of rotatable bonds is 12. The number of nitrogens with zero attached hydrogens (tertiary/aromatic N) is 1. The fourth-order valence-electron chi connectivity index (χ4n) is 10.3. The van der Waals surface area contributed by atoms with Crippen LogP contribution < -0.4 is 5.32 Å². The van der Waals surface area contributed by atoms with Gasteiger partial charge in [0.05, 0.1) is 55.6 Å². The van der Waals surface area contributed by atoms with Crippen LogP contribution in [0.1, 0.15) is 91.4 Å². The van der Waals surface area contributed by atoms with E-state index in [0.717, 1.165) is 64.3 Å². The molecule has 4 aliphatic rings. The minimum Gasteiger partial charge on any atom is -0.748 e. The van der Waals surface area contributed by atoms with E-state index in [1.54, 1.807) is 0 Å². The first-order chi connectivity index (χ1) is 19.5. The summed E-state index contributed by atoms with van der Waals surface area (Å²) in [7, 11) is -0.177. The van der Waals surface area contributed by atoms with Crippen molar-refractivity contribution in [1.82, 2.24) is 5.32 Å². The fraction of sp³-hybridized carbons (Fsp3) is 0.969. The highest BCUT2D eigenvalue weighted by Gasteiger charge is 2.65. The van der Waals surface area contributed by atoms with Crippen molar-refractivity contribution in [3.63, 3.8) is 0 Å². The van der Waals surface area contributed by atoms with Crippen LogP contribution in [0.2, 0.25) is 0 Å². The Morgan fingerprint density at radius 3 is 2.37 bits per heavy atom. The summed E-state index contributed by atoms with van der Waals surface area (Å²) in [6, 6.07) is 0. The molecule has 0 aliphatic heterocycles. The van der Waals surface area contributed by atoms with E-state index in [9.17, 15) is 33.1 Å². The second-order valence-corrected chi connectivity index (χ2v) is 17.3. The molecule has 1 amide bonds. The molecule has 0 unspecified atom stereocenters. The first-order valence-electron chi connectivity index (χ1n) is 16.5. The number of aliphatic hydroxyl groups is 3. The van der Waals surface area contributed by atoms with Gasteiger partial charge in [-0.2, -0.15) is 0 Å². The lowest BCUT2D eigenvalue weighted by molar-refractivity contribution is -0.890. The zero-order chi connectivity index (χ0) is 31.1. The third-order valence-corrected chi connectivity index (χ3v) is 13.6. The monoisotopic (exact) mass is 632 g/mol. The fourth-order valence-corrected chi connectivity index (χ4v) is 10.8. The van der Waals surface area contributed by atoms with Gasteiger partial charge >= 0.3 is 0 Å². The molecule has 0 aromatic carbocycles. The molecular formula is C32H60N2O8S. The Hall–Kier alpha value is -0.820. The summed E-state index contributed by atoms with van der Waals surface area (Å²) >= 11 is 0. The van der Waals surface area contributed by atoms with Crippen LogP contribution in [0, 0.1) is 46.3 Å². The minimum absolute atomic E-state index is 0. The van der Waals surface area contributed by atoms with Gasteiger partial charge in [-0.25, -0.2) is 8.42 Å². The molecule has 4 aliphatic carbocycles. The van der Waals surface area contributed by atoms with Gasteiger partial charge in [-0.3, -0.25) is 4.79 Å². The summed E-state index contributed by atoms with van der Waals surface area (Å²) in [4.78, 5) is 12.7. The molecule has 4 rings (SSSR count). The van der Waals surface area contributed by atoms with Crippen LogP contribution in [0.15, 0.2) is 0 Å². The molecule has 0 aromatic heterocycles. The topological polar surface area (TPSA) is 178 Å². The number of quaternary nitrogens is 1. The van der Waals surface area contributed by atoms with E-state index in [-0.39, 0.29) is 57.9 Å². The lowest BCUT2D eigenvalue weighted by Crippen LogP contribution is -2.62. The Balaban J connectivity index is 0.00000506. The second-order valence-electron chi connectivity index (χ2n) is 15.7. The van der Waals surface area contributed by atoms with Gasteiger partial charge < -0.3 is 35.1 Å². The van der Waals surface area contributed by atoms with Crippen LogP contribution >= 0.6 is 0 Å². The molecule has 0 saturated heterocycles. The summed E-state index contributed by atoms with van der Waals surface area (Å²) in [5.74, 6) is 1.38. The molecule has 252 valence electrons. The lowest BCUT2D eigenvalue weighted by atomic mass is 9.43. The lowest BCUT2D eigenvalue weighted by Gasteiger charge is -2.63. The average Bonchev–Trinajstić information content (AvgIpc) is 3.24. The first kappa shape index (κ1) is 36.6. The van der Waals surface area contributed by atoms with Crippen LogP contribution in [0.25, 0.3) is 0 Å². The molecular weight excluding hydrogens is 572 g/mol. The minimum atomic E-state index is -4.18. The summed E-state index contributed by atoms with van der Waals surface area (Å²) in [5, 5.41) is 36.6. The number of carbonyl (C=O) groups excluding carboxylic acids is 1. The first-order valence-corrected chi connectivity index (χ1v) is 18.1. The van der Waals surface area contributed by atoms with Crippen molar-refractivity contribution in [3.8, 4) is 0 Å². The predicted octanol–water partition coefficient (Wildman–Crippen LogP) is 2.06. The van der Waals surface area contributed by atoms with E-state index < -0.39 is 16.2 Å². The Bertz CT molecular complexity index is 1060. The molecule has 0 heterocycles. The smallest absolute Gasteiger partial charge is 0.220 e. The molecule has 4 saturated carbocycles. The second kappa shape index (κ2) is 13.9. The van der Waals surface area contributed by atoms with Gasteiger partial charge in [-0.15, -0.1) is 0 Å². The van der Waals surface area contributed by atoms with E-state index in [1.165, 1.54) is 0 Å². The normalized spacial score (nSPS) is 40.0. The van der Waals surface area contributed by atoms with Gasteiger partial charge in [0.25, 0.3) is 0 Å². The standard InChI is InChI=1S/C32H58N2O7S.H2O/c1-21(8-11-29(38)33-14-6-15-34(4,5)16-7-17-42(39,40)41)24-9-10-25-30-26(20-28(37)32(24,25)3)31(2)13-12-23(35)18-22(31)19-27(30)36;/h21-28,30,35-37H,6-20H2,1-5H3,(H-,33,38,39,40,41);1H2/t21-,22+,23-,24-,25+,26+,27-,28+,30+,31+,32-;/m1./s1. The highest BCUT2D eigenvalue weighted by Crippen LogP contribution is 2.68. The van der Waals surface area contributed by atoms with Crippen LogP contribution in [0.5, 0.6) is 0 Å². The number of nitrogens with one attached hydrogen (secondary N) is 1. The molecule has 0 radical (unpaired) electrons. The molecule has 43 heavy (non-hydrogen) atoms. The van der Waals surface area contributed by atoms with Crippen molar-refractivity contribution in [2.45, 2.75) is 110 Å². The maximum Gasteiger partial charge on any atom is 0.220 e. The Morgan fingerprint density at radius 2 is 1.70 bits per heavy atom. The van der Waals surface area contributed by atoms with Crippen molar-refractivity contribution in [1.29, 1.82) is 0 Å². The van der Waals surface area contributed by atoms with Gasteiger partial charge in [-0.1, -0.05) is 20.8 Å². The van der Waals surface area contributed by atoms with Gasteiger partial charge in [0, 0.05) is 31.6 Å². The van der Waals surface area contributed by atoms with Gasteiger partial charge in [0.15, 0.2) is 0 Å². The van der Waals surface area contributed by atoms with Crippen LogP contribution in [0.3, 0.4) is 0 Å². The number of hydrogen-bond acceptors (Lipinski definition) is 7. The zero-order valence-electron chi connectivity index (χ0n) is 27.1. The van der Waals surface area contributed by atoms with E-state index in [4.69, 9.17) is 0 Å². The number of carbonyl (C=O) groups is 1. The average molecular weight is 633 g/mol. The van der Waals surface area contributed by atoms with Crippen molar-refractivity contribution in [2.75, 3.05) is 39.5 Å². The Labute approximate surface area is 259 Å². The quantitative estimate of drug-likeness (QED) is 0.144. The predicted molar refractivity (Wildman–Crippen MR) is 165 cm³/mol. The highest BCUT2D eigenvalue weighted by atomic mass is 32.2. The van der Waals surface area contributed by atoms with Crippen LogP contribution in [-0.2, 0) is 14.9 Å². The van der Waals surface area contributed by atoms with E-state index in [1.807, 2.05) is 14.1 Å². The van der Waals surface area contributed by atoms with E-state index in [2.05, 4.69) is 26.1 Å². The molecule has 6 N–H and O–H groups in total. The molecule has 4 fully saturated rings. The number of fused-ring (bicyclic) bond motifs is 5. The molecule has 0 spiro atoms. The molecule has 11 heteroatoms. The van der Waals surface area contributed by atoms with Crippen molar-refractivity contribution in [3.05, 3.63) is 0 Å². The number of amides is 1. The maximum atomic E-state index is 12.7. The molecule has 0 bridgehead atoms. The van der Waals surface area contributed by atoms with Crippen molar-refractivity contribution >= 4 is 16.0 Å². The highest BCUT2D eigenvalue weighted by molar-refractivity contribution is 7.85. The third-order valence-electron chi connectivity index (χ3n) is 12.8. The van der Waals surface area contributed by atoms with Crippen molar-refractivity contribution in [2.24, 2.45) is 46.3 Å². The zero-order valence-corrected chi connectivity index (χ0v) is 27.9. The van der Waals surface area contributed by atoms with Crippen molar-refractivity contribution < 1.29 is 43.0 Å². The summed E-state index contributed by atoms with van der Waals surface area (Å²) in [6.07, 6.45) is 7.35. The van der Waals surface area contributed by atoms with Crippen LogP contribution in [-0.4, -0.2) is 102 Å². The number of hydrogen-bond donors (Lipinski definition) is 4. The largest absolute Gasteiger partial charge is 0.748 e. The summed E-state index contributed by atoms with van der Waals surface area (Å²) in [6.45, 7) is 8.78. The Morgan fingerprint density at radius 1 is 1.02 bits per heavy atom. The Kier molecular flexibility index (Phi) is 11.8. The summed E-state index contributed by atoms with van der Waals surface area (Å²) in [5.41, 5.74) is -0.191. The third kappa shape index (κ3) is 7.95. The molecule has 11 atom stereocenters. The van der Waals surface area contributed by atoms with Gasteiger partial charge in [0.2, 0.25) is 5.91 Å². The van der Waals surface area contributed by atoms with Crippen LogP contribution in [0.4, 0.5) is 0 Å². The van der Waals surface area contributed by atoms with Gasteiger partial charge in [0.1, 0.15) is 0 Å². The van der Waals surface area contributed by atoms with E-state index >= 15 is 0 Å². The summed E-state index contributed by atoms with van der Waals surface area (Å²) < 4.78 is 33.1. The van der Waals surface area contributed by atoms with Gasteiger partial charge in [-0.05, 0) is 97.7 Å². The van der Waals surface area contributed by atoms with E-state index in [0.29, 0.717) is 48.2 Å². The SMILES string of the molecule is C[C@H](CCC(=O)NCCC[N+](C)(C)CCCS(=O)(=O)[O-])[C@H]1CC[C@H]2[C@@H]3[C@H](O)C[C@@H]4C[C@H](O)CC[C@]4(C)[C@H]3C[C@H](O)[C@]12C.O.